The van der Waals surface area contributed by atoms with Crippen LogP contribution in [0.2, 0.25) is 0 Å². The Balaban J connectivity index is 1.63. The van der Waals surface area contributed by atoms with Crippen molar-refractivity contribution in [1.29, 1.82) is 0 Å². The second kappa shape index (κ2) is 9.89. The highest BCUT2D eigenvalue weighted by Crippen LogP contribution is 2.24. The SMILES string of the molecule is COc1ccc2cc(CN(C)C(=O)CN(CCO)C3CCCCC3)ccc2c1. The molecule has 1 N–H and O–H groups in total. The fraction of sp³-hybridized carbons (Fsp3) is 0.522. The minimum atomic E-state index is 0.0988. The summed E-state index contributed by atoms with van der Waals surface area (Å²) in [5, 5.41) is 11.7. The van der Waals surface area contributed by atoms with E-state index in [9.17, 15) is 9.90 Å². The van der Waals surface area contributed by atoms with Crippen molar-refractivity contribution >= 4 is 16.7 Å². The molecule has 5 nitrogen and oxygen atoms in total. The summed E-state index contributed by atoms with van der Waals surface area (Å²) in [5.74, 6) is 0.952. The molecule has 0 aliphatic heterocycles. The van der Waals surface area contributed by atoms with Gasteiger partial charge in [0.05, 0.1) is 20.3 Å². The largest absolute Gasteiger partial charge is 0.497 e. The van der Waals surface area contributed by atoms with Crippen molar-refractivity contribution < 1.29 is 14.6 Å². The van der Waals surface area contributed by atoms with Crippen molar-refractivity contribution in [3.05, 3.63) is 42.0 Å². The number of fused-ring (bicyclic) bond motifs is 1. The van der Waals surface area contributed by atoms with E-state index in [1.807, 2.05) is 25.2 Å². The molecule has 1 amide bonds. The number of carbonyl (C=O) groups is 1. The topological polar surface area (TPSA) is 53.0 Å². The third-order valence-electron chi connectivity index (χ3n) is 5.77. The van der Waals surface area contributed by atoms with E-state index in [0.717, 1.165) is 34.9 Å². The molecule has 0 unspecified atom stereocenters. The Morgan fingerprint density at radius 2 is 1.82 bits per heavy atom. The van der Waals surface area contributed by atoms with Crippen LogP contribution in [0.1, 0.15) is 37.7 Å². The number of likely N-dealkylation sites (N-methyl/N-ethyl adjacent to an activating group) is 1. The second-order valence-electron chi connectivity index (χ2n) is 7.78. The van der Waals surface area contributed by atoms with E-state index in [1.165, 1.54) is 19.3 Å². The van der Waals surface area contributed by atoms with E-state index in [2.05, 4.69) is 23.1 Å². The van der Waals surface area contributed by atoms with Gasteiger partial charge < -0.3 is 14.7 Å². The fourth-order valence-corrected chi connectivity index (χ4v) is 4.12. The molecule has 1 saturated carbocycles. The monoisotopic (exact) mass is 384 g/mol. The van der Waals surface area contributed by atoms with Gasteiger partial charge in [-0.05, 0) is 47.4 Å². The highest BCUT2D eigenvalue weighted by atomic mass is 16.5. The van der Waals surface area contributed by atoms with Gasteiger partial charge in [0.25, 0.3) is 0 Å². The average molecular weight is 385 g/mol. The van der Waals surface area contributed by atoms with Gasteiger partial charge in [0.1, 0.15) is 5.75 Å². The van der Waals surface area contributed by atoms with Crippen LogP contribution in [0.4, 0.5) is 0 Å². The van der Waals surface area contributed by atoms with Crippen LogP contribution in [0.25, 0.3) is 10.8 Å². The lowest BCUT2D eigenvalue weighted by molar-refractivity contribution is -0.132. The molecular formula is C23H32N2O3. The first kappa shape index (κ1) is 20.6. The lowest BCUT2D eigenvalue weighted by Gasteiger charge is -2.34. The van der Waals surface area contributed by atoms with Gasteiger partial charge in [-0.3, -0.25) is 9.69 Å². The second-order valence-corrected chi connectivity index (χ2v) is 7.78. The van der Waals surface area contributed by atoms with Gasteiger partial charge in [-0.2, -0.15) is 0 Å². The number of rotatable bonds is 8. The van der Waals surface area contributed by atoms with Gasteiger partial charge in [-0.15, -0.1) is 0 Å². The molecule has 0 atom stereocenters. The normalized spacial score (nSPS) is 15.1. The van der Waals surface area contributed by atoms with Crippen molar-refractivity contribution in [2.45, 2.75) is 44.7 Å². The molecule has 5 heteroatoms. The van der Waals surface area contributed by atoms with Crippen molar-refractivity contribution in [3.63, 3.8) is 0 Å². The van der Waals surface area contributed by atoms with Gasteiger partial charge >= 0.3 is 0 Å². The third-order valence-corrected chi connectivity index (χ3v) is 5.77. The quantitative estimate of drug-likeness (QED) is 0.758. The van der Waals surface area contributed by atoms with Crippen LogP contribution in [0.15, 0.2) is 36.4 Å². The first-order chi connectivity index (χ1) is 13.6. The summed E-state index contributed by atoms with van der Waals surface area (Å²) < 4.78 is 5.28. The molecule has 2 aromatic rings. The van der Waals surface area contributed by atoms with Gasteiger partial charge in [-0.25, -0.2) is 0 Å². The van der Waals surface area contributed by atoms with Crippen LogP contribution in [-0.2, 0) is 11.3 Å². The first-order valence-corrected chi connectivity index (χ1v) is 10.3. The van der Waals surface area contributed by atoms with E-state index in [4.69, 9.17) is 4.74 Å². The molecule has 0 saturated heterocycles. The van der Waals surface area contributed by atoms with Crippen molar-refractivity contribution in [1.82, 2.24) is 9.80 Å². The van der Waals surface area contributed by atoms with Crippen molar-refractivity contribution in [2.75, 3.05) is 33.9 Å². The van der Waals surface area contributed by atoms with E-state index in [1.54, 1.807) is 12.0 Å². The highest BCUT2D eigenvalue weighted by molar-refractivity contribution is 5.84. The number of hydrogen-bond donors (Lipinski definition) is 1. The molecule has 3 rings (SSSR count). The number of benzene rings is 2. The van der Waals surface area contributed by atoms with Crippen LogP contribution in [0.5, 0.6) is 5.75 Å². The first-order valence-electron chi connectivity index (χ1n) is 10.3. The van der Waals surface area contributed by atoms with E-state index in [0.29, 0.717) is 25.7 Å². The molecule has 1 aliphatic carbocycles. The number of nitrogens with zero attached hydrogens (tertiary/aromatic N) is 2. The van der Waals surface area contributed by atoms with Gasteiger partial charge in [0, 0.05) is 26.2 Å². The summed E-state index contributed by atoms with van der Waals surface area (Å²) in [6.45, 7) is 1.63. The highest BCUT2D eigenvalue weighted by Gasteiger charge is 2.24. The van der Waals surface area contributed by atoms with Crippen LogP contribution in [-0.4, -0.2) is 60.7 Å². The maximum Gasteiger partial charge on any atom is 0.236 e. The third kappa shape index (κ3) is 5.24. The molecular weight excluding hydrogens is 352 g/mol. The molecule has 152 valence electrons. The maximum atomic E-state index is 12.8. The summed E-state index contributed by atoms with van der Waals surface area (Å²) in [5.41, 5.74) is 1.11. The zero-order valence-corrected chi connectivity index (χ0v) is 17.1. The molecule has 28 heavy (non-hydrogen) atoms. The average Bonchev–Trinajstić information content (AvgIpc) is 2.73. The molecule has 1 fully saturated rings. The van der Waals surface area contributed by atoms with E-state index in [-0.39, 0.29) is 12.5 Å². The van der Waals surface area contributed by atoms with Crippen molar-refractivity contribution in [2.24, 2.45) is 0 Å². The Bertz CT molecular complexity index is 787. The summed E-state index contributed by atoms with van der Waals surface area (Å²) in [6, 6.07) is 12.7. The number of carbonyl (C=O) groups excluding carboxylic acids is 1. The van der Waals surface area contributed by atoms with E-state index < -0.39 is 0 Å². The van der Waals surface area contributed by atoms with Gasteiger partial charge in [0.15, 0.2) is 0 Å². The number of amides is 1. The Morgan fingerprint density at radius 3 is 2.54 bits per heavy atom. The lowest BCUT2D eigenvalue weighted by Crippen LogP contribution is -2.45. The summed E-state index contributed by atoms with van der Waals surface area (Å²) in [6.07, 6.45) is 5.98. The van der Waals surface area contributed by atoms with Crippen LogP contribution in [0.3, 0.4) is 0 Å². The van der Waals surface area contributed by atoms with Crippen LogP contribution in [0, 0.1) is 0 Å². The van der Waals surface area contributed by atoms with Gasteiger partial charge in [0.2, 0.25) is 5.91 Å². The Kier molecular flexibility index (Phi) is 7.29. The number of aliphatic hydroxyl groups is 1. The molecule has 0 bridgehead atoms. The standard InChI is InChI=1S/C23H32N2O3/c1-24(23(27)17-25(12-13-26)21-6-4-3-5-7-21)16-18-8-9-20-15-22(28-2)11-10-19(20)14-18/h8-11,14-15,21,26H,3-7,12-13,16-17H2,1-2H3. The number of ether oxygens (including phenoxy) is 1. The molecule has 0 heterocycles. The minimum absolute atomic E-state index is 0.0988. The number of aliphatic hydroxyl groups excluding tert-OH is 1. The Hall–Kier alpha value is -2.11. The molecule has 1 aliphatic rings. The smallest absolute Gasteiger partial charge is 0.236 e. The Labute approximate surface area is 167 Å². The molecule has 0 radical (unpaired) electrons. The molecule has 0 spiro atoms. The number of methoxy groups -OCH3 is 1. The summed E-state index contributed by atoms with van der Waals surface area (Å²) >= 11 is 0. The van der Waals surface area contributed by atoms with E-state index >= 15 is 0 Å². The predicted molar refractivity (Wildman–Crippen MR) is 113 cm³/mol. The lowest BCUT2D eigenvalue weighted by atomic mass is 9.94. The summed E-state index contributed by atoms with van der Waals surface area (Å²) in [4.78, 5) is 16.8. The minimum Gasteiger partial charge on any atom is -0.497 e. The fourth-order valence-electron chi connectivity index (χ4n) is 4.12. The van der Waals surface area contributed by atoms with Gasteiger partial charge in [-0.1, -0.05) is 37.5 Å². The van der Waals surface area contributed by atoms with Crippen LogP contribution < -0.4 is 4.74 Å². The summed E-state index contributed by atoms with van der Waals surface area (Å²) in [7, 11) is 3.53. The predicted octanol–water partition coefficient (Wildman–Crippen LogP) is 3.43. The van der Waals surface area contributed by atoms with Crippen molar-refractivity contribution in [3.8, 4) is 5.75 Å². The zero-order chi connectivity index (χ0) is 19.9. The Morgan fingerprint density at radius 1 is 1.11 bits per heavy atom. The maximum absolute atomic E-state index is 12.8. The molecule has 0 aromatic heterocycles. The number of hydrogen-bond acceptors (Lipinski definition) is 4. The molecule has 2 aromatic carbocycles. The zero-order valence-electron chi connectivity index (χ0n) is 17.1. The van der Waals surface area contributed by atoms with Crippen LogP contribution >= 0.6 is 0 Å².